The summed E-state index contributed by atoms with van der Waals surface area (Å²) in [6, 6.07) is 0. The van der Waals surface area contributed by atoms with Gasteiger partial charge in [-0.25, -0.2) is 0 Å². The molecule has 14 heavy (non-hydrogen) atoms. The molecule has 1 heterocycles. The largest absolute Gasteiger partial charge is 0.257 e. The number of dihydropyridines is 1. The first-order valence-electron chi connectivity index (χ1n) is 4.97. The van der Waals surface area contributed by atoms with E-state index in [1.165, 1.54) is 11.1 Å². The van der Waals surface area contributed by atoms with E-state index in [2.05, 4.69) is 56.1 Å². The molecule has 0 amide bonds. The Kier molecular flexibility index (Phi) is 2.24. The molecule has 0 spiro atoms. The Morgan fingerprint density at radius 2 is 1.93 bits per heavy atom. The zero-order valence-corrected chi connectivity index (χ0v) is 8.91. The average Bonchev–Trinajstić information content (AvgIpc) is 2.28. The van der Waals surface area contributed by atoms with E-state index >= 15 is 0 Å². The van der Waals surface area contributed by atoms with Crippen molar-refractivity contribution in [1.29, 1.82) is 0 Å². The van der Waals surface area contributed by atoms with Crippen LogP contribution in [0.4, 0.5) is 0 Å². The van der Waals surface area contributed by atoms with E-state index in [9.17, 15) is 0 Å². The van der Waals surface area contributed by atoms with Crippen LogP contribution in [0.3, 0.4) is 0 Å². The van der Waals surface area contributed by atoms with Gasteiger partial charge in [-0.05, 0) is 32.4 Å². The highest BCUT2D eigenvalue weighted by molar-refractivity contribution is 5.99. The summed E-state index contributed by atoms with van der Waals surface area (Å²) >= 11 is 0. The molecule has 0 fully saturated rings. The molecule has 1 heteroatoms. The zero-order valence-electron chi connectivity index (χ0n) is 8.91. The normalized spacial score (nSPS) is 25.5. The fourth-order valence-corrected chi connectivity index (χ4v) is 1.75. The monoisotopic (exact) mass is 185 g/mol. The van der Waals surface area contributed by atoms with Crippen molar-refractivity contribution in [2.75, 3.05) is 0 Å². The fraction of sp³-hybridized carbons (Fsp3) is 0.308. The Morgan fingerprint density at radius 3 is 2.71 bits per heavy atom. The van der Waals surface area contributed by atoms with Gasteiger partial charge in [-0.15, -0.1) is 0 Å². The quantitative estimate of drug-likeness (QED) is 0.548. The molecule has 1 aliphatic heterocycles. The van der Waals surface area contributed by atoms with Gasteiger partial charge in [0, 0.05) is 11.6 Å². The maximum Gasteiger partial charge on any atom is 0.0513 e. The van der Waals surface area contributed by atoms with Crippen LogP contribution in [0.25, 0.3) is 0 Å². The molecule has 2 rings (SSSR count). The Balaban J connectivity index is 2.45. The van der Waals surface area contributed by atoms with Gasteiger partial charge in [-0.1, -0.05) is 29.9 Å². The van der Waals surface area contributed by atoms with Crippen LogP contribution >= 0.6 is 0 Å². The number of rotatable bonds is 0. The first-order chi connectivity index (χ1) is 6.66. The average molecular weight is 185 g/mol. The zero-order chi connectivity index (χ0) is 10.1. The first-order valence-corrected chi connectivity index (χ1v) is 4.97. The van der Waals surface area contributed by atoms with Gasteiger partial charge in [0.25, 0.3) is 0 Å². The van der Waals surface area contributed by atoms with Gasteiger partial charge in [0.1, 0.15) is 0 Å². The van der Waals surface area contributed by atoms with Gasteiger partial charge in [0.2, 0.25) is 0 Å². The van der Waals surface area contributed by atoms with Crippen LogP contribution in [0.1, 0.15) is 20.8 Å². The summed E-state index contributed by atoms with van der Waals surface area (Å²) in [4.78, 5) is 4.59. The Bertz CT molecular complexity index is 403. The molecule has 72 valence electrons. The molecule has 0 N–H and O–H groups in total. The molecule has 1 aliphatic carbocycles. The minimum atomic E-state index is 0.369. The number of aliphatic imine (C=N–C) groups is 1. The molecule has 0 saturated heterocycles. The van der Waals surface area contributed by atoms with Gasteiger partial charge >= 0.3 is 0 Å². The minimum absolute atomic E-state index is 0.369. The first kappa shape index (κ1) is 9.20. The van der Waals surface area contributed by atoms with Crippen molar-refractivity contribution < 1.29 is 0 Å². The molecule has 1 unspecified atom stereocenters. The highest BCUT2D eigenvalue weighted by atomic mass is 14.8. The summed E-state index contributed by atoms with van der Waals surface area (Å²) in [5.41, 5.74) is 4.88. The van der Waals surface area contributed by atoms with Gasteiger partial charge < -0.3 is 0 Å². The maximum atomic E-state index is 4.59. The van der Waals surface area contributed by atoms with E-state index in [4.69, 9.17) is 0 Å². The molecule has 1 atom stereocenters. The van der Waals surface area contributed by atoms with E-state index < -0.39 is 0 Å². The van der Waals surface area contributed by atoms with Crippen molar-refractivity contribution >= 4 is 5.71 Å². The van der Waals surface area contributed by atoms with Crippen LogP contribution in [0.2, 0.25) is 0 Å². The van der Waals surface area contributed by atoms with E-state index in [1.54, 1.807) is 0 Å². The van der Waals surface area contributed by atoms with E-state index in [0.717, 1.165) is 11.4 Å². The SMILES string of the molecule is CC1=CC2C=C(C)C(C)=NC2=CC=C1. The summed E-state index contributed by atoms with van der Waals surface area (Å²) in [6.07, 6.45) is 10.8. The minimum Gasteiger partial charge on any atom is -0.257 e. The lowest BCUT2D eigenvalue weighted by molar-refractivity contribution is 0.916. The molecule has 2 aliphatic rings. The van der Waals surface area contributed by atoms with Crippen LogP contribution in [0, 0.1) is 5.92 Å². The predicted molar refractivity (Wildman–Crippen MR) is 61.3 cm³/mol. The van der Waals surface area contributed by atoms with Gasteiger partial charge in [-0.3, -0.25) is 4.99 Å². The second-order valence-electron chi connectivity index (χ2n) is 3.93. The van der Waals surface area contributed by atoms with Crippen molar-refractivity contribution in [3.63, 3.8) is 0 Å². The number of hydrogen-bond acceptors (Lipinski definition) is 1. The Labute approximate surface area is 85.2 Å². The topological polar surface area (TPSA) is 12.4 Å². The summed E-state index contributed by atoms with van der Waals surface area (Å²) in [7, 11) is 0. The molecule has 0 saturated carbocycles. The highest BCUT2D eigenvalue weighted by Gasteiger charge is 2.15. The number of allylic oxidation sites excluding steroid dienone is 6. The Morgan fingerprint density at radius 1 is 1.14 bits per heavy atom. The summed E-state index contributed by atoms with van der Waals surface area (Å²) in [5, 5.41) is 0. The molecular weight excluding hydrogens is 170 g/mol. The number of hydrogen-bond donors (Lipinski definition) is 0. The van der Waals surface area contributed by atoms with Crippen molar-refractivity contribution in [3.05, 3.63) is 47.2 Å². The predicted octanol–water partition coefficient (Wildman–Crippen LogP) is 3.42. The lowest BCUT2D eigenvalue weighted by Crippen LogP contribution is -2.08. The van der Waals surface area contributed by atoms with Gasteiger partial charge in [0.05, 0.1) is 5.70 Å². The van der Waals surface area contributed by atoms with E-state index in [1.807, 2.05) is 0 Å². The molecule has 0 bridgehead atoms. The van der Waals surface area contributed by atoms with Gasteiger partial charge in [-0.2, -0.15) is 0 Å². The lowest BCUT2D eigenvalue weighted by Gasteiger charge is -2.17. The third-order valence-corrected chi connectivity index (χ3v) is 2.71. The van der Waals surface area contributed by atoms with Crippen LogP contribution in [-0.4, -0.2) is 5.71 Å². The maximum absolute atomic E-state index is 4.59. The van der Waals surface area contributed by atoms with E-state index in [0.29, 0.717) is 5.92 Å². The molecule has 1 nitrogen and oxygen atoms in total. The molecule has 0 radical (unpaired) electrons. The van der Waals surface area contributed by atoms with Crippen molar-refractivity contribution in [1.82, 2.24) is 0 Å². The molecular formula is C13H15N. The van der Waals surface area contributed by atoms with E-state index in [-0.39, 0.29) is 0 Å². The van der Waals surface area contributed by atoms with Gasteiger partial charge in [0.15, 0.2) is 0 Å². The molecule has 0 aromatic rings. The van der Waals surface area contributed by atoms with Crippen molar-refractivity contribution in [2.24, 2.45) is 10.9 Å². The summed E-state index contributed by atoms with van der Waals surface area (Å²) in [6.45, 7) is 6.31. The van der Waals surface area contributed by atoms with Crippen molar-refractivity contribution in [3.8, 4) is 0 Å². The summed E-state index contributed by atoms with van der Waals surface area (Å²) in [5.74, 6) is 0.369. The second kappa shape index (κ2) is 3.41. The van der Waals surface area contributed by atoms with Crippen LogP contribution in [-0.2, 0) is 0 Å². The Hall–Kier alpha value is -1.37. The summed E-state index contributed by atoms with van der Waals surface area (Å²) < 4.78 is 0. The lowest BCUT2D eigenvalue weighted by atomic mass is 9.96. The highest BCUT2D eigenvalue weighted by Crippen LogP contribution is 2.27. The fourth-order valence-electron chi connectivity index (χ4n) is 1.75. The number of nitrogens with zero attached hydrogens (tertiary/aromatic N) is 1. The third kappa shape index (κ3) is 1.63. The van der Waals surface area contributed by atoms with Crippen LogP contribution in [0.15, 0.2) is 52.2 Å². The number of fused-ring (bicyclic) bond motifs is 1. The molecule has 0 aromatic heterocycles. The van der Waals surface area contributed by atoms with Crippen LogP contribution < -0.4 is 0 Å². The van der Waals surface area contributed by atoms with Crippen LogP contribution in [0.5, 0.6) is 0 Å². The van der Waals surface area contributed by atoms with Crippen molar-refractivity contribution in [2.45, 2.75) is 20.8 Å². The smallest absolute Gasteiger partial charge is 0.0513 e. The third-order valence-electron chi connectivity index (χ3n) is 2.71. The molecule has 0 aromatic carbocycles. The second-order valence-corrected chi connectivity index (χ2v) is 3.93. The standard InChI is InChI=1S/C13H15N/c1-9-5-4-6-13-12(7-9)8-10(2)11(3)14-13/h4-8,12H,1-3H3.